The van der Waals surface area contributed by atoms with Gasteiger partial charge in [-0.05, 0) is 61.1 Å². The van der Waals surface area contributed by atoms with E-state index in [2.05, 4.69) is 10.6 Å². The zero-order chi connectivity index (χ0) is 16.1. The zero-order valence-electron chi connectivity index (χ0n) is 11.6. The van der Waals surface area contributed by atoms with Crippen LogP contribution in [0.4, 0.5) is 20.2 Å². The number of anilines is 2. The van der Waals surface area contributed by atoms with E-state index in [4.69, 9.17) is 23.8 Å². The average Bonchev–Trinajstić information content (AvgIpc) is 2.45. The molecule has 2 aromatic carbocycles. The fourth-order valence-corrected chi connectivity index (χ4v) is 2.65. The molecule has 0 saturated heterocycles. The molecule has 0 heterocycles. The molecule has 0 bridgehead atoms. The van der Waals surface area contributed by atoms with Gasteiger partial charge in [0, 0.05) is 21.3 Å². The lowest BCUT2D eigenvalue weighted by molar-refractivity contribution is 0.252. The molecule has 0 amide bonds. The van der Waals surface area contributed by atoms with Gasteiger partial charge in [0.25, 0.3) is 5.76 Å². The van der Waals surface area contributed by atoms with Gasteiger partial charge in [-0.3, -0.25) is 0 Å². The molecule has 0 spiro atoms. The van der Waals surface area contributed by atoms with E-state index < -0.39 is 5.76 Å². The molecule has 0 atom stereocenters. The summed E-state index contributed by atoms with van der Waals surface area (Å²) in [6, 6.07) is 12.1. The molecule has 7 heteroatoms. The van der Waals surface area contributed by atoms with Crippen LogP contribution in [-0.2, 0) is 0 Å². The van der Waals surface area contributed by atoms with Gasteiger partial charge in [0.2, 0.25) is 0 Å². The minimum Gasteiger partial charge on any atom is -0.332 e. The molecule has 0 aromatic heterocycles. The number of benzene rings is 2. The Morgan fingerprint density at radius 1 is 1.14 bits per heavy atom. The van der Waals surface area contributed by atoms with Crippen molar-refractivity contribution >= 4 is 52.1 Å². The Hall–Kier alpha value is -1.37. The van der Waals surface area contributed by atoms with Crippen molar-refractivity contribution < 1.29 is 8.78 Å². The topological polar surface area (TPSA) is 24.1 Å². The third-order valence-corrected chi connectivity index (χ3v) is 4.19. The van der Waals surface area contributed by atoms with E-state index in [1.54, 1.807) is 30.3 Å². The number of thiocarbonyl (C=S) groups is 1. The molecule has 2 rings (SSSR count). The minimum absolute atomic E-state index is 0.402. The minimum atomic E-state index is -2.42. The summed E-state index contributed by atoms with van der Waals surface area (Å²) in [5.41, 5.74) is 2.43. The van der Waals surface area contributed by atoms with Crippen molar-refractivity contribution in [2.75, 3.05) is 10.6 Å². The van der Waals surface area contributed by atoms with Crippen LogP contribution in [0.3, 0.4) is 0 Å². The highest BCUT2D eigenvalue weighted by Gasteiger charge is 2.06. The number of hydrogen-bond acceptors (Lipinski definition) is 2. The molecule has 0 aliphatic heterocycles. The smallest absolute Gasteiger partial charge is 0.288 e. The summed E-state index contributed by atoms with van der Waals surface area (Å²) in [7, 11) is 0. The SMILES string of the molecule is Cc1c(Cl)cccc1NC(=S)Nc1ccc(SC(F)F)cc1. The van der Waals surface area contributed by atoms with Crippen LogP contribution in [0.5, 0.6) is 0 Å². The third kappa shape index (κ3) is 4.83. The Morgan fingerprint density at radius 2 is 1.82 bits per heavy atom. The quantitative estimate of drug-likeness (QED) is 0.535. The molecule has 0 fully saturated rings. The van der Waals surface area contributed by atoms with Crippen molar-refractivity contribution in [3.05, 3.63) is 53.1 Å². The van der Waals surface area contributed by atoms with Crippen LogP contribution in [0.2, 0.25) is 5.02 Å². The van der Waals surface area contributed by atoms with Crippen molar-refractivity contribution in [2.24, 2.45) is 0 Å². The molecule has 0 aliphatic carbocycles. The number of halogens is 3. The van der Waals surface area contributed by atoms with Crippen molar-refractivity contribution in [1.29, 1.82) is 0 Å². The molecule has 0 unspecified atom stereocenters. The van der Waals surface area contributed by atoms with Crippen LogP contribution < -0.4 is 10.6 Å². The van der Waals surface area contributed by atoms with E-state index in [0.29, 0.717) is 26.8 Å². The molecule has 116 valence electrons. The Balaban J connectivity index is 1.98. The van der Waals surface area contributed by atoms with Crippen molar-refractivity contribution in [3.63, 3.8) is 0 Å². The maximum Gasteiger partial charge on any atom is 0.288 e. The first kappa shape index (κ1) is 17.0. The second-order valence-electron chi connectivity index (χ2n) is 4.39. The summed E-state index contributed by atoms with van der Waals surface area (Å²) in [4.78, 5) is 0.505. The van der Waals surface area contributed by atoms with Gasteiger partial charge in [-0.2, -0.15) is 8.78 Å². The van der Waals surface area contributed by atoms with E-state index in [1.807, 2.05) is 19.1 Å². The van der Waals surface area contributed by atoms with Gasteiger partial charge in [0.05, 0.1) is 0 Å². The molecule has 22 heavy (non-hydrogen) atoms. The summed E-state index contributed by atoms with van der Waals surface area (Å²) in [6.45, 7) is 1.89. The maximum atomic E-state index is 12.2. The highest BCUT2D eigenvalue weighted by molar-refractivity contribution is 7.99. The Labute approximate surface area is 142 Å². The van der Waals surface area contributed by atoms with Gasteiger partial charge in [-0.15, -0.1) is 0 Å². The zero-order valence-corrected chi connectivity index (χ0v) is 14.0. The Kier molecular flexibility index (Phi) is 5.99. The summed E-state index contributed by atoms with van der Waals surface area (Å²) >= 11 is 11.8. The third-order valence-electron chi connectivity index (χ3n) is 2.85. The van der Waals surface area contributed by atoms with Crippen LogP contribution in [0.1, 0.15) is 5.56 Å². The van der Waals surface area contributed by atoms with E-state index in [-0.39, 0.29) is 0 Å². The molecule has 0 radical (unpaired) electrons. The van der Waals surface area contributed by atoms with Gasteiger partial charge in [-0.1, -0.05) is 29.4 Å². The second-order valence-corrected chi connectivity index (χ2v) is 6.27. The van der Waals surface area contributed by atoms with Gasteiger partial charge in [0.1, 0.15) is 0 Å². The Morgan fingerprint density at radius 3 is 2.45 bits per heavy atom. The van der Waals surface area contributed by atoms with Crippen molar-refractivity contribution in [3.8, 4) is 0 Å². The molecule has 2 nitrogen and oxygen atoms in total. The number of rotatable bonds is 4. The van der Waals surface area contributed by atoms with Crippen LogP contribution in [-0.4, -0.2) is 10.9 Å². The fourth-order valence-electron chi connectivity index (χ4n) is 1.75. The summed E-state index contributed by atoms with van der Waals surface area (Å²) in [5.74, 6) is -2.42. The lowest BCUT2D eigenvalue weighted by Gasteiger charge is -2.13. The molecular weight excluding hydrogens is 346 g/mol. The van der Waals surface area contributed by atoms with E-state index in [9.17, 15) is 8.78 Å². The maximum absolute atomic E-state index is 12.2. The lowest BCUT2D eigenvalue weighted by Crippen LogP contribution is -2.19. The number of alkyl halides is 2. The highest BCUT2D eigenvalue weighted by Crippen LogP contribution is 2.26. The van der Waals surface area contributed by atoms with Crippen LogP contribution in [0.25, 0.3) is 0 Å². The predicted molar refractivity (Wildman–Crippen MR) is 94.3 cm³/mol. The van der Waals surface area contributed by atoms with Crippen LogP contribution in [0.15, 0.2) is 47.4 Å². The summed E-state index contributed by atoms with van der Waals surface area (Å²) < 4.78 is 24.5. The Bertz CT molecular complexity index is 663. The van der Waals surface area contributed by atoms with Gasteiger partial charge in [-0.25, -0.2) is 0 Å². The van der Waals surface area contributed by atoms with Gasteiger partial charge in [0.15, 0.2) is 5.11 Å². The molecule has 2 N–H and O–H groups in total. The summed E-state index contributed by atoms with van der Waals surface area (Å²) in [5, 5.41) is 7.11. The summed E-state index contributed by atoms with van der Waals surface area (Å²) in [6.07, 6.45) is 0. The van der Waals surface area contributed by atoms with Crippen molar-refractivity contribution in [2.45, 2.75) is 17.6 Å². The molecular formula is C15H13ClF2N2S2. The van der Waals surface area contributed by atoms with Crippen LogP contribution in [0, 0.1) is 6.92 Å². The second kappa shape index (κ2) is 7.76. The average molecular weight is 359 g/mol. The first-order valence-electron chi connectivity index (χ1n) is 6.33. The van der Waals surface area contributed by atoms with Gasteiger partial charge < -0.3 is 10.6 Å². The first-order chi connectivity index (χ1) is 10.5. The number of nitrogens with one attached hydrogen (secondary N) is 2. The molecule has 0 saturated carbocycles. The molecule has 2 aromatic rings. The predicted octanol–water partition coefficient (Wildman–Crippen LogP) is 5.77. The van der Waals surface area contributed by atoms with E-state index in [0.717, 1.165) is 16.9 Å². The lowest BCUT2D eigenvalue weighted by atomic mass is 10.2. The highest BCUT2D eigenvalue weighted by atomic mass is 35.5. The van der Waals surface area contributed by atoms with Crippen molar-refractivity contribution in [1.82, 2.24) is 0 Å². The monoisotopic (exact) mass is 358 g/mol. The fraction of sp³-hybridized carbons (Fsp3) is 0.133. The van der Waals surface area contributed by atoms with Crippen LogP contribution >= 0.6 is 35.6 Å². The first-order valence-corrected chi connectivity index (χ1v) is 8.00. The largest absolute Gasteiger partial charge is 0.332 e. The van der Waals surface area contributed by atoms with Gasteiger partial charge >= 0.3 is 0 Å². The number of hydrogen-bond donors (Lipinski definition) is 2. The standard InChI is InChI=1S/C15H13ClF2N2S2/c1-9-12(16)3-2-4-13(9)20-15(21)19-10-5-7-11(8-6-10)22-14(17)18/h2-8,14H,1H3,(H2,19,20,21). The van der Waals surface area contributed by atoms with E-state index in [1.165, 1.54) is 0 Å². The number of thioether (sulfide) groups is 1. The van der Waals surface area contributed by atoms with E-state index >= 15 is 0 Å². The molecule has 0 aliphatic rings. The normalized spacial score (nSPS) is 10.6.